The SMILES string of the molecule is CCN(CCCCCCN(Cc1ccccc1)C(=O)OC(C)(C)C)Cc1ccccc1. The highest BCUT2D eigenvalue weighted by atomic mass is 16.6. The summed E-state index contributed by atoms with van der Waals surface area (Å²) in [7, 11) is 0. The van der Waals surface area contributed by atoms with Crippen molar-refractivity contribution in [3.8, 4) is 0 Å². The summed E-state index contributed by atoms with van der Waals surface area (Å²) < 4.78 is 5.63. The van der Waals surface area contributed by atoms with Crippen LogP contribution in [0.25, 0.3) is 0 Å². The molecule has 0 spiro atoms. The number of carbonyl (C=O) groups excluding carboxylic acids is 1. The van der Waals surface area contributed by atoms with Crippen molar-refractivity contribution in [1.29, 1.82) is 0 Å². The zero-order valence-corrected chi connectivity index (χ0v) is 19.8. The van der Waals surface area contributed by atoms with E-state index in [9.17, 15) is 4.79 Å². The van der Waals surface area contributed by atoms with Gasteiger partial charge in [0.2, 0.25) is 0 Å². The van der Waals surface area contributed by atoms with Crippen molar-refractivity contribution in [2.75, 3.05) is 19.6 Å². The van der Waals surface area contributed by atoms with Crippen LogP contribution in [0, 0.1) is 0 Å². The Kier molecular flexibility index (Phi) is 10.6. The molecule has 0 atom stereocenters. The second-order valence-electron chi connectivity index (χ2n) is 9.16. The molecule has 0 radical (unpaired) electrons. The van der Waals surface area contributed by atoms with Crippen LogP contribution in [0.15, 0.2) is 60.7 Å². The van der Waals surface area contributed by atoms with Crippen LogP contribution >= 0.6 is 0 Å². The molecule has 0 aliphatic carbocycles. The highest BCUT2D eigenvalue weighted by Crippen LogP contribution is 2.14. The molecular weight excluding hydrogens is 384 g/mol. The van der Waals surface area contributed by atoms with Gasteiger partial charge in [0, 0.05) is 19.6 Å². The molecule has 0 saturated carbocycles. The average molecular weight is 425 g/mol. The van der Waals surface area contributed by atoms with Crippen molar-refractivity contribution in [2.45, 2.75) is 72.1 Å². The Bertz CT molecular complexity index is 741. The number of hydrogen-bond donors (Lipinski definition) is 0. The first kappa shape index (κ1) is 24.9. The number of nitrogens with zero attached hydrogens (tertiary/aromatic N) is 2. The fourth-order valence-corrected chi connectivity index (χ4v) is 3.55. The summed E-state index contributed by atoms with van der Waals surface area (Å²) in [6.45, 7) is 12.5. The average Bonchev–Trinajstić information content (AvgIpc) is 2.74. The molecule has 4 heteroatoms. The first-order chi connectivity index (χ1) is 14.9. The Balaban J connectivity index is 1.74. The third-order valence-corrected chi connectivity index (χ3v) is 5.22. The monoisotopic (exact) mass is 424 g/mol. The zero-order chi connectivity index (χ0) is 22.5. The van der Waals surface area contributed by atoms with E-state index < -0.39 is 5.60 Å². The minimum absolute atomic E-state index is 0.226. The lowest BCUT2D eigenvalue weighted by atomic mass is 10.1. The van der Waals surface area contributed by atoms with Gasteiger partial charge in [-0.2, -0.15) is 0 Å². The van der Waals surface area contributed by atoms with Crippen LogP contribution in [-0.2, 0) is 17.8 Å². The van der Waals surface area contributed by atoms with Crippen molar-refractivity contribution < 1.29 is 9.53 Å². The number of ether oxygens (including phenoxy) is 1. The largest absolute Gasteiger partial charge is 0.444 e. The minimum Gasteiger partial charge on any atom is -0.444 e. The summed E-state index contributed by atoms with van der Waals surface area (Å²) in [5.74, 6) is 0. The van der Waals surface area contributed by atoms with Gasteiger partial charge in [-0.3, -0.25) is 4.90 Å². The van der Waals surface area contributed by atoms with E-state index >= 15 is 0 Å². The number of carbonyl (C=O) groups is 1. The van der Waals surface area contributed by atoms with E-state index in [-0.39, 0.29) is 6.09 Å². The Morgan fingerprint density at radius 1 is 0.774 bits per heavy atom. The van der Waals surface area contributed by atoms with Crippen molar-refractivity contribution >= 4 is 6.09 Å². The van der Waals surface area contributed by atoms with Gasteiger partial charge in [0.15, 0.2) is 0 Å². The van der Waals surface area contributed by atoms with Crippen molar-refractivity contribution in [2.24, 2.45) is 0 Å². The molecule has 0 saturated heterocycles. The number of hydrogen-bond acceptors (Lipinski definition) is 3. The third kappa shape index (κ3) is 10.5. The molecule has 2 rings (SSSR count). The number of rotatable bonds is 12. The van der Waals surface area contributed by atoms with E-state index in [0.29, 0.717) is 6.54 Å². The molecule has 4 nitrogen and oxygen atoms in total. The van der Waals surface area contributed by atoms with E-state index in [0.717, 1.165) is 44.6 Å². The van der Waals surface area contributed by atoms with Gasteiger partial charge in [-0.15, -0.1) is 0 Å². The Morgan fingerprint density at radius 3 is 1.81 bits per heavy atom. The molecular formula is C27H40N2O2. The normalized spacial score (nSPS) is 11.5. The highest BCUT2D eigenvalue weighted by molar-refractivity contribution is 5.68. The fraction of sp³-hybridized carbons (Fsp3) is 0.519. The third-order valence-electron chi connectivity index (χ3n) is 5.22. The summed E-state index contributed by atoms with van der Waals surface area (Å²) in [4.78, 5) is 17.0. The van der Waals surface area contributed by atoms with Crippen LogP contribution < -0.4 is 0 Å². The number of benzene rings is 2. The van der Waals surface area contributed by atoms with Crippen molar-refractivity contribution in [3.63, 3.8) is 0 Å². The lowest BCUT2D eigenvalue weighted by molar-refractivity contribution is 0.0230. The molecule has 2 aromatic carbocycles. The van der Waals surface area contributed by atoms with Crippen molar-refractivity contribution in [3.05, 3.63) is 71.8 Å². The summed E-state index contributed by atoms with van der Waals surface area (Å²) in [5.41, 5.74) is 2.03. The second kappa shape index (κ2) is 13.2. The molecule has 1 amide bonds. The van der Waals surface area contributed by atoms with Crippen molar-refractivity contribution in [1.82, 2.24) is 9.80 Å². The van der Waals surface area contributed by atoms with E-state index in [4.69, 9.17) is 4.74 Å². The summed E-state index contributed by atoms with van der Waals surface area (Å²) in [6, 6.07) is 20.8. The number of unbranched alkanes of at least 4 members (excludes halogenated alkanes) is 3. The maximum Gasteiger partial charge on any atom is 0.410 e. The van der Waals surface area contributed by atoms with Gasteiger partial charge in [0.05, 0.1) is 0 Å². The van der Waals surface area contributed by atoms with Crippen LogP contribution in [0.4, 0.5) is 4.79 Å². The molecule has 31 heavy (non-hydrogen) atoms. The van der Waals surface area contributed by atoms with Gasteiger partial charge >= 0.3 is 6.09 Å². The fourth-order valence-electron chi connectivity index (χ4n) is 3.55. The van der Waals surface area contributed by atoms with Crippen LogP contribution in [0.1, 0.15) is 64.5 Å². The van der Waals surface area contributed by atoms with Gasteiger partial charge in [-0.05, 0) is 57.8 Å². The second-order valence-corrected chi connectivity index (χ2v) is 9.16. The molecule has 0 aliphatic heterocycles. The van der Waals surface area contributed by atoms with E-state index in [1.54, 1.807) is 0 Å². The predicted octanol–water partition coefficient (Wildman–Crippen LogP) is 6.51. The van der Waals surface area contributed by atoms with Gasteiger partial charge in [0.1, 0.15) is 5.60 Å². The number of amides is 1. The molecule has 0 bridgehead atoms. The molecule has 0 unspecified atom stereocenters. The highest BCUT2D eigenvalue weighted by Gasteiger charge is 2.22. The molecule has 2 aromatic rings. The molecule has 170 valence electrons. The standard InChI is InChI=1S/C27H40N2O2/c1-5-28(22-24-16-10-8-11-17-24)20-14-6-7-15-21-29(26(30)31-27(2,3)4)23-25-18-12-9-13-19-25/h8-13,16-19H,5-7,14-15,20-23H2,1-4H3. The molecule has 0 N–H and O–H groups in total. The summed E-state index contributed by atoms with van der Waals surface area (Å²) in [6.07, 6.45) is 4.26. The molecule has 0 heterocycles. The van der Waals surface area contributed by atoms with Gasteiger partial charge in [-0.25, -0.2) is 4.79 Å². The smallest absolute Gasteiger partial charge is 0.410 e. The lowest BCUT2D eigenvalue weighted by Gasteiger charge is -2.27. The van der Waals surface area contributed by atoms with Crippen LogP contribution in [0.5, 0.6) is 0 Å². The van der Waals surface area contributed by atoms with Crippen LogP contribution in [0.3, 0.4) is 0 Å². The zero-order valence-electron chi connectivity index (χ0n) is 19.8. The molecule has 0 fully saturated rings. The van der Waals surface area contributed by atoms with Crippen LogP contribution in [-0.4, -0.2) is 41.1 Å². The summed E-state index contributed by atoms with van der Waals surface area (Å²) in [5, 5.41) is 0. The maximum atomic E-state index is 12.7. The van der Waals surface area contributed by atoms with Crippen LogP contribution in [0.2, 0.25) is 0 Å². The predicted molar refractivity (Wildman–Crippen MR) is 129 cm³/mol. The van der Waals surface area contributed by atoms with E-state index in [1.807, 2.05) is 43.9 Å². The Labute approximate surface area is 189 Å². The molecule has 0 aromatic heterocycles. The first-order valence-corrected chi connectivity index (χ1v) is 11.7. The quantitative estimate of drug-likeness (QED) is 0.364. The van der Waals surface area contributed by atoms with E-state index in [2.05, 4.69) is 54.3 Å². The molecule has 0 aliphatic rings. The minimum atomic E-state index is -0.478. The Hall–Kier alpha value is -2.33. The maximum absolute atomic E-state index is 12.7. The summed E-state index contributed by atoms with van der Waals surface area (Å²) >= 11 is 0. The van der Waals surface area contributed by atoms with Gasteiger partial charge < -0.3 is 9.64 Å². The van der Waals surface area contributed by atoms with E-state index in [1.165, 1.54) is 18.4 Å². The Morgan fingerprint density at radius 2 is 1.29 bits per heavy atom. The topological polar surface area (TPSA) is 32.8 Å². The lowest BCUT2D eigenvalue weighted by Crippen LogP contribution is -2.37. The first-order valence-electron chi connectivity index (χ1n) is 11.7. The van der Waals surface area contributed by atoms with Gasteiger partial charge in [-0.1, -0.05) is 80.4 Å². The van der Waals surface area contributed by atoms with Gasteiger partial charge in [0.25, 0.3) is 0 Å².